The number of benzene rings is 2. The number of hydrogen-bond donors (Lipinski definition) is 4. The van der Waals surface area contributed by atoms with Crippen molar-refractivity contribution >= 4 is 28.7 Å². The molecule has 0 spiro atoms. The van der Waals surface area contributed by atoms with Gasteiger partial charge in [-0.05, 0) is 60.9 Å². The van der Waals surface area contributed by atoms with Crippen molar-refractivity contribution in [3.8, 4) is 16.3 Å². The molecule has 0 radical (unpaired) electrons. The lowest BCUT2D eigenvalue weighted by atomic mass is 10.1. The summed E-state index contributed by atoms with van der Waals surface area (Å²) in [4.78, 5) is 13.7. The third-order valence-corrected chi connectivity index (χ3v) is 7.18. The molecule has 35 heavy (non-hydrogen) atoms. The van der Waals surface area contributed by atoms with E-state index in [0.717, 1.165) is 59.3 Å². The van der Waals surface area contributed by atoms with E-state index in [2.05, 4.69) is 44.8 Å². The van der Waals surface area contributed by atoms with Gasteiger partial charge in [-0.2, -0.15) is 0 Å². The second kappa shape index (κ2) is 10.9. The zero-order valence-corrected chi connectivity index (χ0v) is 20.2. The Morgan fingerprint density at radius 3 is 2.71 bits per heavy atom. The molecule has 3 heterocycles. The van der Waals surface area contributed by atoms with Gasteiger partial charge >= 0.3 is 0 Å². The normalized spacial score (nSPS) is 14.7. The Morgan fingerprint density at radius 2 is 1.86 bits per heavy atom. The third kappa shape index (κ3) is 6.16. The van der Waals surface area contributed by atoms with Gasteiger partial charge < -0.3 is 20.8 Å². The highest BCUT2D eigenvalue weighted by atomic mass is 32.1. The number of aliphatic hydroxyl groups excluding tert-OH is 1. The Balaban J connectivity index is 1.22. The van der Waals surface area contributed by atoms with Gasteiger partial charge in [-0.25, -0.2) is 9.97 Å². The van der Waals surface area contributed by atoms with Gasteiger partial charge in [-0.15, -0.1) is 11.3 Å². The van der Waals surface area contributed by atoms with E-state index >= 15 is 0 Å². The fourth-order valence-corrected chi connectivity index (χ4v) is 5.10. The molecular formula is C27H29N5O2S. The lowest BCUT2D eigenvalue weighted by molar-refractivity contribution is 0.0792. The lowest BCUT2D eigenvalue weighted by Gasteiger charge is -2.29. The van der Waals surface area contributed by atoms with Crippen molar-refractivity contribution < 1.29 is 10.2 Å². The highest BCUT2D eigenvalue weighted by Gasteiger charge is 2.17. The number of thiophene rings is 1. The summed E-state index contributed by atoms with van der Waals surface area (Å²) < 4.78 is 0. The Hall–Kier alpha value is -3.46. The number of para-hydroxylation sites is 2. The van der Waals surface area contributed by atoms with Gasteiger partial charge in [0.1, 0.15) is 5.75 Å². The van der Waals surface area contributed by atoms with Crippen molar-refractivity contribution in [2.45, 2.75) is 32.0 Å². The highest BCUT2D eigenvalue weighted by Crippen LogP contribution is 2.29. The Morgan fingerprint density at radius 1 is 1.00 bits per heavy atom. The molecule has 0 bridgehead atoms. The zero-order chi connectivity index (χ0) is 24.0. The quantitative estimate of drug-likeness (QED) is 0.253. The average molecular weight is 488 g/mol. The van der Waals surface area contributed by atoms with Crippen molar-refractivity contribution in [2.24, 2.45) is 0 Å². The first-order chi connectivity index (χ1) is 17.1. The van der Waals surface area contributed by atoms with Crippen LogP contribution in [0, 0.1) is 0 Å². The molecule has 4 aromatic rings. The molecule has 0 saturated carbocycles. The first-order valence-electron chi connectivity index (χ1n) is 11.8. The largest absolute Gasteiger partial charge is 0.506 e. The summed E-state index contributed by atoms with van der Waals surface area (Å²) in [6, 6.07) is 21.6. The molecule has 180 valence electrons. The molecular weight excluding hydrogens is 458 g/mol. The van der Waals surface area contributed by atoms with E-state index in [1.54, 1.807) is 23.6 Å². The van der Waals surface area contributed by atoms with Gasteiger partial charge in [0.2, 0.25) is 5.95 Å². The number of likely N-dealkylation sites (tertiary alicyclic amines) is 1. The topological polar surface area (TPSA) is 93.5 Å². The second-order valence-electron chi connectivity index (χ2n) is 8.73. The van der Waals surface area contributed by atoms with Gasteiger partial charge in [0.05, 0.1) is 22.4 Å². The number of hydrogen-bond acceptors (Lipinski definition) is 8. The van der Waals surface area contributed by atoms with E-state index in [9.17, 15) is 10.2 Å². The molecule has 1 fully saturated rings. The van der Waals surface area contributed by atoms with Crippen LogP contribution in [0.25, 0.3) is 10.6 Å². The number of aromatic nitrogens is 2. The van der Waals surface area contributed by atoms with Gasteiger partial charge in [0.15, 0.2) is 0 Å². The van der Waals surface area contributed by atoms with Crippen molar-refractivity contribution in [3.05, 3.63) is 83.4 Å². The standard InChI is InChI=1S/C27H29N5O2S/c33-21-11-14-32(15-12-21)18-19-4-3-5-20(16-19)30-27-28-13-10-24(31-27)26-9-8-22(35-26)17-29-23-6-1-2-7-25(23)34/h1-10,13,16,21,29,33-34H,11-12,14-15,17-18H2,(H,28,30,31). The van der Waals surface area contributed by atoms with E-state index in [0.29, 0.717) is 12.5 Å². The molecule has 0 atom stereocenters. The Kier molecular flexibility index (Phi) is 7.23. The number of anilines is 3. The van der Waals surface area contributed by atoms with Crippen LogP contribution in [0.2, 0.25) is 0 Å². The minimum absolute atomic E-state index is 0.156. The first kappa shape index (κ1) is 23.3. The zero-order valence-electron chi connectivity index (χ0n) is 19.4. The first-order valence-corrected chi connectivity index (χ1v) is 12.6. The number of nitrogens with zero attached hydrogens (tertiary/aromatic N) is 3. The predicted molar refractivity (Wildman–Crippen MR) is 141 cm³/mol. The van der Waals surface area contributed by atoms with Crippen LogP contribution in [-0.2, 0) is 13.1 Å². The summed E-state index contributed by atoms with van der Waals surface area (Å²) in [6.07, 6.45) is 3.30. The molecule has 5 rings (SSSR count). The molecule has 2 aromatic heterocycles. The van der Waals surface area contributed by atoms with Crippen LogP contribution in [0.15, 0.2) is 72.9 Å². The van der Waals surface area contributed by atoms with Crippen LogP contribution >= 0.6 is 11.3 Å². The van der Waals surface area contributed by atoms with Gasteiger partial charge in [-0.1, -0.05) is 24.3 Å². The van der Waals surface area contributed by atoms with Crippen molar-refractivity contribution in [1.82, 2.24) is 14.9 Å². The van der Waals surface area contributed by atoms with Gasteiger partial charge in [0, 0.05) is 42.9 Å². The molecule has 8 heteroatoms. The molecule has 0 unspecified atom stereocenters. The van der Waals surface area contributed by atoms with Gasteiger partial charge in [0.25, 0.3) is 0 Å². The van der Waals surface area contributed by atoms with Crippen LogP contribution < -0.4 is 10.6 Å². The van der Waals surface area contributed by atoms with Crippen molar-refractivity contribution in [1.29, 1.82) is 0 Å². The predicted octanol–water partition coefficient (Wildman–Crippen LogP) is 5.22. The van der Waals surface area contributed by atoms with Crippen LogP contribution in [0.3, 0.4) is 0 Å². The van der Waals surface area contributed by atoms with Crippen molar-refractivity contribution in [2.75, 3.05) is 23.7 Å². The molecule has 2 aromatic carbocycles. The average Bonchev–Trinajstić information content (AvgIpc) is 3.35. The monoisotopic (exact) mass is 487 g/mol. The Labute approximate surface area is 209 Å². The molecule has 1 saturated heterocycles. The number of phenolic OH excluding ortho intramolecular Hbond substituents is 1. The maximum Gasteiger partial charge on any atom is 0.227 e. The minimum Gasteiger partial charge on any atom is -0.506 e. The summed E-state index contributed by atoms with van der Waals surface area (Å²) in [6.45, 7) is 3.35. The smallest absolute Gasteiger partial charge is 0.227 e. The summed E-state index contributed by atoms with van der Waals surface area (Å²) >= 11 is 1.66. The molecule has 1 aliphatic rings. The van der Waals surface area contributed by atoms with E-state index in [4.69, 9.17) is 4.98 Å². The fourth-order valence-electron chi connectivity index (χ4n) is 4.18. The molecule has 1 aliphatic heterocycles. The van der Waals surface area contributed by atoms with Crippen LogP contribution in [0.5, 0.6) is 5.75 Å². The third-order valence-electron chi connectivity index (χ3n) is 6.07. The molecule has 0 aliphatic carbocycles. The maximum absolute atomic E-state index is 9.94. The van der Waals surface area contributed by atoms with E-state index < -0.39 is 0 Å². The lowest BCUT2D eigenvalue weighted by Crippen LogP contribution is -2.35. The summed E-state index contributed by atoms with van der Waals surface area (Å²) in [5.41, 5.74) is 3.76. The summed E-state index contributed by atoms with van der Waals surface area (Å²) in [7, 11) is 0. The highest BCUT2D eigenvalue weighted by molar-refractivity contribution is 7.15. The molecule has 4 N–H and O–H groups in total. The minimum atomic E-state index is -0.156. The number of aromatic hydroxyl groups is 1. The van der Waals surface area contributed by atoms with Crippen LogP contribution in [0.4, 0.5) is 17.3 Å². The van der Waals surface area contributed by atoms with E-state index in [1.807, 2.05) is 36.4 Å². The number of aliphatic hydroxyl groups is 1. The van der Waals surface area contributed by atoms with Crippen LogP contribution in [-0.4, -0.2) is 44.3 Å². The summed E-state index contributed by atoms with van der Waals surface area (Å²) in [5, 5.41) is 26.3. The maximum atomic E-state index is 9.94. The number of nitrogens with one attached hydrogen (secondary N) is 2. The van der Waals surface area contributed by atoms with Gasteiger partial charge in [-0.3, -0.25) is 4.90 Å². The van der Waals surface area contributed by atoms with E-state index in [1.165, 1.54) is 5.56 Å². The second-order valence-corrected chi connectivity index (χ2v) is 9.90. The van der Waals surface area contributed by atoms with Crippen molar-refractivity contribution in [3.63, 3.8) is 0 Å². The number of piperidine rings is 1. The SMILES string of the molecule is Oc1ccccc1NCc1ccc(-c2ccnc(Nc3cccc(CN4CCC(O)CC4)c3)n2)s1. The summed E-state index contributed by atoms with van der Waals surface area (Å²) in [5.74, 6) is 0.803. The van der Waals surface area contributed by atoms with E-state index in [-0.39, 0.29) is 11.9 Å². The van der Waals surface area contributed by atoms with Crippen LogP contribution in [0.1, 0.15) is 23.3 Å². The number of rotatable bonds is 8. The molecule has 0 amide bonds. The number of phenols is 1. The fraction of sp³-hybridized carbons (Fsp3) is 0.259. The molecule has 7 nitrogen and oxygen atoms in total. The Bertz CT molecular complexity index is 1270.